The van der Waals surface area contributed by atoms with Crippen LogP contribution in [0.25, 0.3) is 100 Å². The summed E-state index contributed by atoms with van der Waals surface area (Å²) in [6, 6.07) is 64.1. The molecule has 0 unspecified atom stereocenters. The summed E-state index contributed by atoms with van der Waals surface area (Å²) in [4.78, 5) is 11.1. The van der Waals surface area contributed by atoms with Crippen molar-refractivity contribution in [1.29, 1.82) is 0 Å². The molecule has 0 spiro atoms. The van der Waals surface area contributed by atoms with Crippen LogP contribution in [0, 0.1) is 6.07 Å². The van der Waals surface area contributed by atoms with Gasteiger partial charge in [-0.1, -0.05) is 221 Å². The van der Waals surface area contributed by atoms with Crippen molar-refractivity contribution >= 4 is 46.1 Å². The van der Waals surface area contributed by atoms with E-state index in [1.165, 1.54) is 33.0 Å². The first-order valence-electron chi connectivity index (χ1n) is 27.7. The predicted octanol–water partition coefficient (Wildman–Crippen LogP) is 18.4. The molecule has 12 rings (SSSR count). The fourth-order valence-electron chi connectivity index (χ4n) is 12.1. The van der Waals surface area contributed by atoms with Crippen LogP contribution in [0.3, 0.4) is 0 Å². The minimum atomic E-state index is -1.75. The van der Waals surface area contributed by atoms with E-state index in [0.717, 1.165) is 88.9 Å². The summed E-state index contributed by atoms with van der Waals surface area (Å²) in [6.45, 7) is 32.0. The van der Waals surface area contributed by atoms with Crippen LogP contribution in [-0.4, -0.2) is 32.3 Å². The van der Waals surface area contributed by atoms with E-state index >= 15 is 0 Å². The topological polar surface area (TPSA) is 55.9 Å². The molecular weight excluding hydrogens is 1160 g/mol. The minimum Gasteiger partial charge on any atom is -0.507 e. The van der Waals surface area contributed by atoms with Crippen molar-refractivity contribution in [3.63, 3.8) is 0 Å². The Balaban J connectivity index is 0.00000660. The number of para-hydroxylation sites is 2. The van der Waals surface area contributed by atoms with Crippen LogP contribution in [0.5, 0.6) is 5.75 Å². The molecule has 1 N–H and O–H groups in total. The van der Waals surface area contributed by atoms with Gasteiger partial charge in [0.25, 0.3) is 0 Å². The monoisotopic (exact) mass is 1230 g/mol. The second-order valence-corrected chi connectivity index (χ2v) is 31.5. The number of fused-ring (bicyclic) bond motifs is 7. The zero-order valence-electron chi connectivity index (χ0n) is 48.2. The molecule has 8 aromatic carbocycles. The Hall–Kier alpha value is -7.11. The number of imidazole rings is 1. The van der Waals surface area contributed by atoms with Crippen LogP contribution < -0.4 is 5.19 Å². The Morgan fingerprint density at radius 2 is 1.18 bits per heavy atom. The molecule has 5 nitrogen and oxygen atoms in total. The zero-order chi connectivity index (χ0) is 55.0. The molecule has 3 heterocycles. The summed E-state index contributed by atoms with van der Waals surface area (Å²) < 4.78 is 4.73. The maximum absolute atomic E-state index is 12.8. The van der Waals surface area contributed by atoms with Gasteiger partial charge in [-0.05, 0) is 92.1 Å². The molecule has 0 bridgehead atoms. The third-order valence-corrected chi connectivity index (χ3v) is 18.6. The van der Waals surface area contributed by atoms with Crippen LogP contribution in [0.2, 0.25) is 19.6 Å². The van der Waals surface area contributed by atoms with E-state index in [-0.39, 0.29) is 48.5 Å². The van der Waals surface area contributed by atoms with Gasteiger partial charge in [-0.15, -0.1) is 29.3 Å². The number of phenols is 1. The molecular formula is C72H71N4OPtSi-. The van der Waals surface area contributed by atoms with Crippen LogP contribution in [0.1, 0.15) is 104 Å². The molecule has 0 saturated carbocycles. The fourth-order valence-corrected chi connectivity index (χ4v) is 13.3. The third kappa shape index (κ3) is 9.04. The van der Waals surface area contributed by atoms with Gasteiger partial charge in [0.15, 0.2) is 0 Å². The average Bonchev–Trinajstić information content (AvgIpc) is 4.01. The molecule has 3 aromatic heterocycles. The first-order chi connectivity index (χ1) is 36.9. The second-order valence-electron chi connectivity index (χ2n) is 26.5. The standard InChI is InChI=1S/C72H71N4OSi.Pt/c1-69(2,3)47-38-45(37-46(39-47)65-64-53-26-19-21-29-60(53)75(62(64)35-36-73-65)49-31-33-58-55(42-49)52-25-18-20-28-57(52)72(58,10)11)51-27-22-30-63-66(51)74-68(56-40-48(70(4,5)6)41-59(67(56)77)71(7,8)9)76(63)61-34-32-50(78(12,13)14)43-54(61)44-23-16-15-17-24-44;/h15-36,38-43,77H,1-14H3;/q-1;. The molecule has 1 aliphatic carbocycles. The molecule has 0 amide bonds. The van der Waals surface area contributed by atoms with Crippen molar-refractivity contribution in [2.24, 2.45) is 0 Å². The number of benzene rings is 8. The van der Waals surface area contributed by atoms with Gasteiger partial charge in [0, 0.05) is 66.0 Å². The van der Waals surface area contributed by atoms with Crippen LogP contribution >= 0.6 is 0 Å². The van der Waals surface area contributed by atoms with Crippen molar-refractivity contribution in [2.75, 3.05) is 0 Å². The quantitative estimate of drug-likeness (QED) is 0.128. The smallest absolute Gasteiger partial charge is 0.148 e. The van der Waals surface area contributed by atoms with E-state index in [1.54, 1.807) is 0 Å². The van der Waals surface area contributed by atoms with Gasteiger partial charge < -0.3 is 9.67 Å². The van der Waals surface area contributed by atoms with Crippen molar-refractivity contribution in [3.05, 3.63) is 204 Å². The van der Waals surface area contributed by atoms with E-state index in [2.05, 4.69) is 275 Å². The molecule has 7 heteroatoms. The van der Waals surface area contributed by atoms with Gasteiger partial charge in [0.2, 0.25) is 0 Å². The number of pyridine rings is 1. The number of aromatic hydroxyl groups is 1. The van der Waals surface area contributed by atoms with Crippen LogP contribution in [0.4, 0.5) is 0 Å². The van der Waals surface area contributed by atoms with E-state index in [9.17, 15) is 5.11 Å². The Bertz CT molecular complexity index is 4230. The number of rotatable bonds is 7. The molecule has 0 radical (unpaired) electrons. The third-order valence-electron chi connectivity index (χ3n) is 16.6. The maximum atomic E-state index is 12.8. The Kier molecular flexibility index (Phi) is 13.0. The van der Waals surface area contributed by atoms with Crippen LogP contribution in [0.15, 0.2) is 170 Å². The van der Waals surface area contributed by atoms with Gasteiger partial charge in [0.1, 0.15) is 11.6 Å². The molecule has 0 fully saturated rings. The van der Waals surface area contributed by atoms with Gasteiger partial charge in [-0.3, -0.25) is 9.55 Å². The molecule has 79 heavy (non-hydrogen) atoms. The van der Waals surface area contributed by atoms with Crippen molar-refractivity contribution in [2.45, 2.75) is 117 Å². The normalized spacial score (nSPS) is 13.5. The summed E-state index contributed by atoms with van der Waals surface area (Å²) in [5.74, 6) is 0.943. The number of nitrogens with zero attached hydrogens (tertiary/aromatic N) is 4. The van der Waals surface area contributed by atoms with Gasteiger partial charge in [-0.2, -0.15) is 0 Å². The van der Waals surface area contributed by atoms with E-state index < -0.39 is 8.07 Å². The number of phenolic OH excluding ortho intramolecular Hbond substituents is 1. The summed E-state index contributed by atoms with van der Waals surface area (Å²) in [6.07, 6.45) is 1.96. The molecule has 400 valence electrons. The van der Waals surface area contributed by atoms with Crippen molar-refractivity contribution < 1.29 is 26.2 Å². The molecule has 0 saturated heterocycles. The van der Waals surface area contributed by atoms with Crippen LogP contribution in [-0.2, 0) is 42.7 Å². The predicted molar refractivity (Wildman–Crippen MR) is 332 cm³/mol. The second kappa shape index (κ2) is 19.0. The van der Waals surface area contributed by atoms with Gasteiger partial charge >= 0.3 is 0 Å². The molecule has 11 aromatic rings. The first kappa shape index (κ1) is 53.9. The molecule has 1 aliphatic rings. The average molecular weight is 1230 g/mol. The van der Waals surface area contributed by atoms with Gasteiger partial charge in [0.05, 0.1) is 41.4 Å². The minimum absolute atomic E-state index is 0. The maximum Gasteiger partial charge on any atom is 0.148 e. The Labute approximate surface area is 482 Å². The summed E-state index contributed by atoms with van der Waals surface area (Å²) in [7, 11) is -1.75. The molecule has 0 aliphatic heterocycles. The summed E-state index contributed by atoms with van der Waals surface area (Å²) >= 11 is 0. The first-order valence-corrected chi connectivity index (χ1v) is 31.2. The fraction of sp³-hybridized carbons (Fsp3) is 0.250. The zero-order valence-corrected chi connectivity index (χ0v) is 51.5. The van der Waals surface area contributed by atoms with Crippen molar-refractivity contribution in [1.82, 2.24) is 19.1 Å². The number of hydrogen-bond donors (Lipinski definition) is 1. The van der Waals surface area contributed by atoms with Gasteiger partial charge in [-0.25, -0.2) is 4.98 Å². The summed E-state index contributed by atoms with van der Waals surface area (Å²) in [5.41, 5.74) is 20.4. The van der Waals surface area contributed by atoms with E-state index in [0.29, 0.717) is 11.4 Å². The Morgan fingerprint density at radius 1 is 0.532 bits per heavy atom. The summed E-state index contributed by atoms with van der Waals surface area (Å²) in [5, 5.41) is 16.4. The van der Waals surface area contributed by atoms with E-state index in [4.69, 9.17) is 9.97 Å². The largest absolute Gasteiger partial charge is 0.507 e. The van der Waals surface area contributed by atoms with E-state index in [1.807, 2.05) is 6.20 Å². The molecule has 0 atom stereocenters. The number of aromatic nitrogens is 4. The number of hydrogen-bond acceptors (Lipinski definition) is 3. The SMILES string of the molecule is CC(C)(C)c1cc(-c2cccc3c2nc(-c2cc(C(C)(C)C)cc(C(C)(C)C)c2O)n3-c2ccc([Si](C)(C)C)cc2-c2ccccc2)[c-]c(-c2nccc3c2c2ccccc2n3-c2ccc3c(c2)-c2ccccc2C3(C)C)c1.[Pt]. The van der Waals surface area contributed by atoms with Crippen molar-refractivity contribution in [3.8, 4) is 73.2 Å². The Morgan fingerprint density at radius 3 is 1.90 bits per heavy atom.